The molecule has 11 heteroatoms. The Morgan fingerprint density at radius 1 is 1.17 bits per heavy atom. The number of nitrogens with one attached hydrogen (secondary N) is 1. The number of carbonyl (C=O) groups is 1. The van der Waals surface area contributed by atoms with Gasteiger partial charge in [-0.3, -0.25) is 4.79 Å². The van der Waals surface area contributed by atoms with E-state index >= 15 is 0 Å². The molecule has 0 aliphatic heterocycles. The van der Waals surface area contributed by atoms with Crippen molar-refractivity contribution in [3.8, 4) is 5.69 Å². The third-order valence-electron chi connectivity index (χ3n) is 4.58. The Hall–Kier alpha value is -3.18. The first-order valence-corrected chi connectivity index (χ1v) is 10.5. The van der Waals surface area contributed by atoms with Crippen molar-refractivity contribution in [2.75, 3.05) is 12.4 Å². The second kappa shape index (κ2) is 8.28. The summed E-state index contributed by atoms with van der Waals surface area (Å²) in [6.45, 7) is 5.16. The first-order chi connectivity index (χ1) is 14.1. The minimum atomic E-state index is -3.64. The maximum atomic E-state index is 14.2. The van der Waals surface area contributed by atoms with E-state index in [4.69, 9.17) is 0 Å². The molecule has 0 aliphatic carbocycles. The third-order valence-corrected chi connectivity index (χ3v) is 6.63. The molecule has 2 aromatic carbocycles. The standard InChI is InChI=1S/C19H21FN6O3S/c1-12(2)25(4)30(28,29)16-8-5-14(6-9-16)19(27)21-15-7-10-17(20)18(11-15)26-13(3)22-23-24-26/h5-12H,1-4H3,(H,21,27). The van der Waals surface area contributed by atoms with E-state index in [9.17, 15) is 17.6 Å². The monoisotopic (exact) mass is 432 g/mol. The summed E-state index contributed by atoms with van der Waals surface area (Å²) in [5.41, 5.74) is 0.682. The maximum absolute atomic E-state index is 14.2. The first kappa shape index (κ1) is 21.5. The highest BCUT2D eigenvalue weighted by Gasteiger charge is 2.23. The maximum Gasteiger partial charge on any atom is 0.255 e. The molecule has 0 atom stereocenters. The lowest BCUT2D eigenvalue weighted by molar-refractivity contribution is 0.102. The van der Waals surface area contributed by atoms with Crippen LogP contribution in [0.2, 0.25) is 0 Å². The second-order valence-electron chi connectivity index (χ2n) is 6.90. The fourth-order valence-electron chi connectivity index (χ4n) is 2.63. The van der Waals surface area contributed by atoms with Crippen LogP contribution in [0, 0.1) is 12.7 Å². The summed E-state index contributed by atoms with van der Waals surface area (Å²) in [4.78, 5) is 12.6. The molecule has 9 nitrogen and oxygen atoms in total. The van der Waals surface area contributed by atoms with Gasteiger partial charge in [0.2, 0.25) is 10.0 Å². The van der Waals surface area contributed by atoms with Crippen LogP contribution >= 0.6 is 0 Å². The van der Waals surface area contributed by atoms with Crippen LogP contribution < -0.4 is 5.32 Å². The topological polar surface area (TPSA) is 110 Å². The van der Waals surface area contributed by atoms with E-state index in [2.05, 4.69) is 20.8 Å². The molecule has 1 aromatic heterocycles. The number of benzene rings is 2. The summed E-state index contributed by atoms with van der Waals surface area (Å²) in [5.74, 6) is -0.630. The first-order valence-electron chi connectivity index (χ1n) is 9.05. The molecule has 1 amide bonds. The van der Waals surface area contributed by atoms with Crippen molar-refractivity contribution in [1.82, 2.24) is 24.5 Å². The van der Waals surface area contributed by atoms with Crippen molar-refractivity contribution in [2.45, 2.75) is 31.7 Å². The Morgan fingerprint density at radius 2 is 1.83 bits per heavy atom. The Labute approximate surface area is 173 Å². The minimum Gasteiger partial charge on any atom is -0.322 e. The Bertz CT molecular complexity index is 1180. The van der Waals surface area contributed by atoms with Crippen LogP contribution in [0.25, 0.3) is 5.69 Å². The number of rotatable bonds is 6. The number of anilines is 1. The predicted octanol–water partition coefficient (Wildman–Crippen LogP) is 2.39. The number of aromatic nitrogens is 4. The quantitative estimate of drug-likeness (QED) is 0.640. The van der Waals surface area contributed by atoms with Gasteiger partial charge in [-0.05, 0) is 73.7 Å². The van der Waals surface area contributed by atoms with Crippen molar-refractivity contribution in [2.24, 2.45) is 0 Å². The van der Waals surface area contributed by atoms with Crippen LogP contribution in [0.15, 0.2) is 47.4 Å². The largest absolute Gasteiger partial charge is 0.322 e. The molecule has 0 fully saturated rings. The zero-order valence-electron chi connectivity index (χ0n) is 16.9. The van der Waals surface area contributed by atoms with Gasteiger partial charge < -0.3 is 5.32 Å². The van der Waals surface area contributed by atoms with Crippen LogP contribution in [0.3, 0.4) is 0 Å². The number of hydrogen-bond acceptors (Lipinski definition) is 6. The molecule has 0 saturated carbocycles. The molecule has 3 aromatic rings. The van der Waals surface area contributed by atoms with Gasteiger partial charge in [0.25, 0.3) is 5.91 Å². The van der Waals surface area contributed by atoms with E-state index in [1.165, 1.54) is 58.5 Å². The van der Waals surface area contributed by atoms with Gasteiger partial charge in [-0.1, -0.05) is 0 Å². The highest BCUT2D eigenvalue weighted by Crippen LogP contribution is 2.21. The summed E-state index contributed by atoms with van der Waals surface area (Å²) in [5, 5.41) is 13.6. The number of aryl methyl sites for hydroxylation is 1. The second-order valence-corrected chi connectivity index (χ2v) is 8.90. The smallest absolute Gasteiger partial charge is 0.255 e. The Morgan fingerprint density at radius 3 is 2.40 bits per heavy atom. The molecular weight excluding hydrogens is 411 g/mol. The van der Waals surface area contributed by atoms with E-state index in [1.807, 2.05) is 0 Å². The molecule has 0 radical (unpaired) electrons. The summed E-state index contributed by atoms with van der Waals surface area (Å²) in [7, 11) is -2.14. The number of nitrogens with zero attached hydrogens (tertiary/aromatic N) is 5. The molecule has 0 aliphatic rings. The van der Waals surface area contributed by atoms with Crippen LogP contribution in [0.4, 0.5) is 10.1 Å². The Balaban J connectivity index is 1.81. The lowest BCUT2D eigenvalue weighted by Crippen LogP contribution is -2.33. The molecule has 0 spiro atoms. The molecule has 3 rings (SSSR count). The van der Waals surface area contributed by atoms with Crippen LogP contribution in [0.1, 0.15) is 30.0 Å². The highest BCUT2D eigenvalue weighted by atomic mass is 32.2. The fourth-order valence-corrected chi connectivity index (χ4v) is 4.00. The van der Waals surface area contributed by atoms with E-state index in [1.54, 1.807) is 20.8 Å². The number of hydrogen-bond donors (Lipinski definition) is 1. The predicted molar refractivity (Wildman–Crippen MR) is 108 cm³/mol. The molecule has 30 heavy (non-hydrogen) atoms. The van der Waals surface area contributed by atoms with Crippen molar-refractivity contribution < 1.29 is 17.6 Å². The van der Waals surface area contributed by atoms with Crippen molar-refractivity contribution >= 4 is 21.6 Å². The number of sulfonamides is 1. The van der Waals surface area contributed by atoms with Crippen LogP contribution in [-0.2, 0) is 10.0 Å². The average molecular weight is 432 g/mol. The van der Waals surface area contributed by atoms with Gasteiger partial charge in [-0.2, -0.15) is 8.99 Å². The summed E-state index contributed by atoms with van der Waals surface area (Å²) < 4.78 is 41.7. The van der Waals surface area contributed by atoms with E-state index in [0.29, 0.717) is 11.5 Å². The van der Waals surface area contributed by atoms with Crippen LogP contribution in [-0.4, -0.2) is 51.9 Å². The molecule has 1 N–H and O–H groups in total. The van der Waals surface area contributed by atoms with Crippen molar-refractivity contribution in [1.29, 1.82) is 0 Å². The van der Waals surface area contributed by atoms with E-state index < -0.39 is 21.7 Å². The summed E-state index contributed by atoms with van der Waals surface area (Å²) >= 11 is 0. The highest BCUT2D eigenvalue weighted by molar-refractivity contribution is 7.89. The van der Waals surface area contributed by atoms with Gasteiger partial charge in [0, 0.05) is 24.3 Å². The lowest BCUT2D eigenvalue weighted by atomic mass is 10.2. The molecule has 158 valence electrons. The SMILES string of the molecule is Cc1nnnn1-c1cc(NC(=O)c2ccc(S(=O)(=O)N(C)C(C)C)cc2)ccc1F. The van der Waals surface area contributed by atoms with E-state index in [-0.39, 0.29) is 22.2 Å². The van der Waals surface area contributed by atoms with Gasteiger partial charge >= 0.3 is 0 Å². The molecule has 0 saturated heterocycles. The summed E-state index contributed by atoms with van der Waals surface area (Å²) in [6.07, 6.45) is 0. The molecular formula is C19H21FN6O3S. The lowest BCUT2D eigenvalue weighted by Gasteiger charge is -2.21. The molecule has 0 bridgehead atoms. The normalized spacial score (nSPS) is 11.8. The van der Waals surface area contributed by atoms with E-state index in [0.717, 1.165) is 0 Å². The molecule has 1 heterocycles. The summed E-state index contributed by atoms with van der Waals surface area (Å²) in [6, 6.07) is 9.42. The minimum absolute atomic E-state index is 0.0912. The van der Waals surface area contributed by atoms with Crippen molar-refractivity contribution in [3.05, 3.63) is 59.7 Å². The van der Waals surface area contributed by atoms with Gasteiger partial charge in [-0.25, -0.2) is 12.8 Å². The molecule has 0 unspecified atom stereocenters. The number of amides is 1. The van der Waals surface area contributed by atoms with Crippen molar-refractivity contribution in [3.63, 3.8) is 0 Å². The number of halogens is 1. The number of carbonyl (C=O) groups excluding carboxylic acids is 1. The zero-order valence-corrected chi connectivity index (χ0v) is 17.7. The van der Waals surface area contributed by atoms with Gasteiger partial charge in [0.15, 0.2) is 5.82 Å². The van der Waals surface area contributed by atoms with Gasteiger partial charge in [0.05, 0.1) is 4.90 Å². The number of tetrazole rings is 1. The van der Waals surface area contributed by atoms with Crippen LogP contribution in [0.5, 0.6) is 0 Å². The fraction of sp³-hybridized carbons (Fsp3) is 0.263. The Kier molecular flexibility index (Phi) is 5.94. The average Bonchev–Trinajstić information content (AvgIpc) is 3.14. The third kappa shape index (κ3) is 4.21. The van der Waals surface area contributed by atoms with Gasteiger partial charge in [0.1, 0.15) is 11.5 Å². The van der Waals surface area contributed by atoms with Gasteiger partial charge in [-0.15, -0.1) is 5.10 Å². The zero-order chi connectivity index (χ0) is 22.1.